The summed E-state index contributed by atoms with van der Waals surface area (Å²) < 4.78 is 0. The molecule has 15 heavy (non-hydrogen) atoms. The van der Waals surface area contributed by atoms with Gasteiger partial charge in [0.25, 0.3) is 0 Å². The zero-order valence-electron chi connectivity index (χ0n) is 11.3. The number of nitrogens with one attached hydrogen (secondary N) is 1. The summed E-state index contributed by atoms with van der Waals surface area (Å²) >= 11 is 0. The maximum Gasteiger partial charge on any atom is 0.00669 e. The van der Waals surface area contributed by atoms with Crippen molar-refractivity contribution in [2.45, 2.75) is 52.5 Å². The first-order chi connectivity index (χ1) is 7.10. The summed E-state index contributed by atoms with van der Waals surface area (Å²) in [6, 6.07) is 0.724. The first kappa shape index (κ1) is 14.9. The summed E-state index contributed by atoms with van der Waals surface area (Å²) in [5.74, 6) is 0.858. The molecule has 0 unspecified atom stereocenters. The van der Waals surface area contributed by atoms with Crippen molar-refractivity contribution >= 4 is 0 Å². The van der Waals surface area contributed by atoms with Gasteiger partial charge in [-0.2, -0.15) is 0 Å². The van der Waals surface area contributed by atoms with Crippen molar-refractivity contribution in [3.05, 3.63) is 0 Å². The highest BCUT2D eigenvalue weighted by molar-refractivity contribution is 4.68. The molecule has 2 heteroatoms. The molecule has 0 spiro atoms. The van der Waals surface area contributed by atoms with Crippen molar-refractivity contribution in [3.8, 4) is 0 Å². The lowest BCUT2D eigenvalue weighted by Crippen LogP contribution is -2.32. The van der Waals surface area contributed by atoms with E-state index in [4.69, 9.17) is 0 Å². The van der Waals surface area contributed by atoms with E-state index in [2.05, 4.69) is 45.1 Å². The van der Waals surface area contributed by atoms with Crippen LogP contribution < -0.4 is 5.32 Å². The molecule has 1 N–H and O–H groups in total. The van der Waals surface area contributed by atoms with E-state index in [9.17, 15) is 0 Å². The van der Waals surface area contributed by atoms with E-state index in [0.717, 1.165) is 18.5 Å². The van der Waals surface area contributed by atoms with Crippen LogP contribution in [0.3, 0.4) is 0 Å². The molecule has 92 valence electrons. The molecule has 0 radical (unpaired) electrons. The highest BCUT2D eigenvalue weighted by atomic mass is 15.1. The Morgan fingerprint density at radius 2 is 1.80 bits per heavy atom. The Hall–Kier alpha value is -0.0800. The molecular formula is C13H30N2. The molecule has 0 aliphatic carbocycles. The largest absolute Gasteiger partial charge is 0.314 e. The van der Waals surface area contributed by atoms with Crippen LogP contribution in [0, 0.1) is 5.92 Å². The summed E-state index contributed by atoms with van der Waals surface area (Å²) in [4.78, 5) is 2.25. The van der Waals surface area contributed by atoms with E-state index >= 15 is 0 Å². The van der Waals surface area contributed by atoms with Gasteiger partial charge < -0.3 is 10.2 Å². The van der Waals surface area contributed by atoms with E-state index in [0.29, 0.717) is 0 Å². The monoisotopic (exact) mass is 214 g/mol. The van der Waals surface area contributed by atoms with E-state index in [1.165, 1.54) is 32.2 Å². The standard InChI is InChI=1S/C13H30N2/c1-6-12(3)11-13(7-2)14-9-8-10-15(4)5/h12-14H,6-11H2,1-5H3/t12-,13+/m0/s1. The van der Waals surface area contributed by atoms with Crippen LogP contribution in [-0.4, -0.2) is 38.1 Å². The van der Waals surface area contributed by atoms with Gasteiger partial charge in [-0.3, -0.25) is 0 Å². The van der Waals surface area contributed by atoms with Gasteiger partial charge in [-0.05, 0) is 52.4 Å². The van der Waals surface area contributed by atoms with Crippen LogP contribution in [0.15, 0.2) is 0 Å². The molecule has 0 amide bonds. The normalized spacial score (nSPS) is 15.6. The minimum absolute atomic E-state index is 0.724. The van der Waals surface area contributed by atoms with Crippen molar-refractivity contribution in [2.75, 3.05) is 27.2 Å². The minimum atomic E-state index is 0.724. The molecule has 0 heterocycles. The van der Waals surface area contributed by atoms with Crippen LogP contribution in [-0.2, 0) is 0 Å². The van der Waals surface area contributed by atoms with E-state index in [-0.39, 0.29) is 0 Å². The molecule has 0 aromatic heterocycles. The van der Waals surface area contributed by atoms with Gasteiger partial charge in [-0.25, -0.2) is 0 Å². The van der Waals surface area contributed by atoms with Gasteiger partial charge in [0.2, 0.25) is 0 Å². The van der Waals surface area contributed by atoms with Crippen LogP contribution in [0.1, 0.15) is 46.5 Å². The van der Waals surface area contributed by atoms with Gasteiger partial charge in [0.05, 0.1) is 0 Å². The molecule has 0 saturated carbocycles. The molecule has 0 fully saturated rings. The molecular weight excluding hydrogens is 184 g/mol. The van der Waals surface area contributed by atoms with Crippen LogP contribution in [0.2, 0.25) is 0 Å². The molecule has 0 rings (SSSR count). The third kappa shape index (κ3) is 8.88. The summed E-state index contributed by atoms with van der Waals surface area (Å²) in [6.07, 6.45) is 5.14. The molecule has 0 bridgehead atoms. The maximum absolute atomic E-state index is 3.66. The minimum Gasteiger partial charge on any atom is -0.314 e. The van der Waals surface area contributed by atoms with Crippen LogP contribution >= 0.6 is 0 Å². The van der Waals surface area contributed by atoms with Gasteiger partial charge in [-0.1, -0.05) is 27.2 Å². The lowest BCUT2D eigenvalue weighted by molar-refractivity contribution is 0.357. The smallest absolute Gasteiger partial charge is 0.00669 e. The third-order valence-electron chi connectivity index (χ3n) is 3.09. The van der Waals surface area contributed by atoms with E-state index < -0.39 is 0 Å². The molecule has 2 nitrogen and oxygen atoms in total. The molecule has 0 aromatic rings. The fourth-order valence-electron chi connectivity index (χ4n) is 1.75. The lowest BCUT2D eigenvalue weighted by atomic mass is 9.98. The predicted molar refractivity (Wildman–Crippen MR) is 69.3 cm³/mol. The first-order valence-electron chi connectivity index (χ1n) is 6.48. The molecule has 0 aromatic carbocycles. The number of nitrogens with zero attached hydrogens (tertiary/aromatic N) is 1. The second-order valence-electron chi connectivity index (χ2n) is 4.97. The Morgan fingerprint density at radius 3 is 2.27 bits per heavy atom. The lowest BCUT2D eigenvalue weighted by Gasteiger charge is -2.20. The Labute approximate surface area is 96.4 Å². The van der Waals surface area contributed by atoms with Crippen molar-refractivity contribution in [1.29, 1.82) is 0 Å². The van der Waals surface area contributed by atoms with Crippen molar-refractivity contribution in [1.82, 2.24) is 10.2 Å². The Kier molecular flexibility index (Phi) is 9.12. The van der Waals surface area contributed by atoms with Gasteiger partial charge in [0.1, 0.15) is 0 Å². The Morgan fingerprint density at radius 1 is 1.13 bits per heavy atom. The average molecular weight is 214 g/mol. The number of hydrogen-bond acceptors (Lipinski definition) is 2. The van der Waals surface area contributed by atoms with Crippen molar-refractivity contribution < 1.29 is 0 Å². The Bertz CT molecular complexity index is 134. The third-order valence-corrected chi connectivity index (χ3v) is 3.09. The first-order valence-corrected chi connectivity index (χ1v) is 6.48. The van der Waals surface area contributed by atoms with E-state index in [1.807, 2.05) is 0 Å². The average Bonchev–Trinajstić information content (AvgIpc) is 2.21. The van der Waals surface area contributed by atoms with Gasteiger partial charge in [-0.15, -0.1) is 0 Å². The molecule has 0 aliphatic heterocycles. The second-order valence-corrected chi connectivity index (χ2v) is 4.97. The second kappa shape index (κ2) is 9.17. The quantitative estimate of drug-likeness (QED) is 0.594. The molecule has 0 saturated heterocycles. The fraction of sp³-hybridized carbons (Fsp3) is 1.00. The van der Waals surface area contributed by atoms with E-state index in [1.54, 1.807) is 0 Å². The molecule has 2 atom stereocenters. The van der Waals surface area contributed by atoms with Crippen LogP contribution in [0.4, 0.5) is 0 Å². The summed E-state index contributed by atoms with van der Waals surface area (Å²) in [7, 11) is 4.27. The summed E-state index contributed by atoms with van der Waals surface area (Å²) in [6.45, 7) is 9.26. The fourth-order valence-corrected chi connectivity index (χ4v) is 1.75. The van der Waals surface area contributed by atoms with Crippen molar-refractivity contribution in [3.63, 3.8) is 0 Å². The van der Waals surface area contributed by atoms with Crippen molar-refractivity contribution in [2.24, 2.45) is 5.92 Å². The SMILES string of the molecule is CC[C@H](C)C[C@@H](CC)NCCCN(C)C. The Balaban J connectivity index is 3.52. The predicted octanol–water partition coefficient (Wildman–Crippen LogP) is 2.74. The van der Waals surface area contributed by atoms with Crippen LogP contribution in [0.5, 0.6) is 0 Å². The zero-order chi connectivity index (χ0) is 11.7. The number of rotatable bonds is 9. The van der Waals surface area contributed by atoms with Gasteiger partial charge in [0.15, 0.2) is 0 Å². The molecule has 0 aliphatic rings. The maximum atomic E-state index is 3.66. The highest BCUT2D eigenvalue weighted by Gasteiger charge is 2.09. The van der Waals surface area contributed by atoms with Crippen LogP contribution in [0.25, 0.3) is 0 Å². The summed E-state index contributed by atoms with van der Waals surface area (Å²) in [5, 5.41) is 3.66. The van der Waals surface area contributed by atoms with Gasteiger partial charge in [0, 0.05) is 6.04 Å². The highest BCUT2D eigenvalue weighted by Crippen LogP contribution is 2.11. The van der Waals surface area contributed by atoms with Gasteiger partial charge >= 0.3 is 0 Å². The zero-order valence-corrected chi connectivity index (χ0v) is 11.3. The topological polar surface area (TPSA) is 15.3 Å². The number of hydrogen-bond donors (Lipinski definition) is 1. The summed E-state index contributed by atoms with van der Waals surface area (Å²) in [5.41, 5.74) is 0.